The van der Waals surface area contributed by atoms with Crippen molar-refractivity contribution in [2.45, 2.75) is 52.4 Å². The standard InChI is InChI=1S/C29H29N/c1-18-15-26(30-17-19(18)2)21-12-13-23-24-14-11-20-9-7-8-10-22(20)27(24)29(5,6)28(3,4)25(23)16-21/h7-17H,1-6H3. The molecule has 1 aliphatic rings. The minimum absolute atomic E-state index is 0.00849. The topological polar surface area (TPSA) is 12.9 Å². The van der Waals surface area contributed by atoms with Crippen molar-refractivity contribution < 1.29 is 0 Å². The van der Waals surface area contributed by atoms with Crippen LogP contribution in [0.4, 0.5) is 0 Å². The number of rotatable bonds is 1. The quantitative estimate of drug-likeness (QED) is 0.323. The smallest absolute Gasteiger partial charge is 0.0704 e. The van der Waals surface area contributed by atoms with Crippen LogP contribution in [-0.4, -0.2) is 4.98 Å². The summed E-state index contributed by atoms with van der Waals surface area (Å²) in [6.45, 7) is 13.9. The summed E-state index contributed by atoms with van der Waals surface area (Å²) < 4.78 is 0. The zero-order valence-electron chi connectivity index (χ0n) is 18.8. The molecule has 1 aromatic heterocycles. The summed E-state index contributed by atoms with van der Waals surface area (Å²) in [7, 11) is 0. The molecule has 3 aromatic carbocycles. The van der Waals surface area contributed by atoms with E-state index in [1.807, 2.05) is 6.20 Å². The molecule has 4 aromatic rings. The summed E-state index contributed by atoms with van der Waals surface area (Å²) in [6, 6.07) is 22.5. The van der Waals surface area contributed by atoms with Crippen LogP contribution in [0.2, 0.25) is 0 Å². The van der Waals surface area contributed by atoms with Crippen LogP contribution in [0.3, 0.4) is 0 Å². The molecular weight excluding hydrogens is 362 g/mol. The average Bonchev–Trinajstić information content (AvgIpc) is 2.73. The van der Waals surface area contributed by atoms with Crippen LogP contribution in [0.15, 0.2) is 66.9 Å². The van der Waals surface area contributed by atoms with Gasteiger partial charge in [0.05, 0.1) is 5.69 Å². The van der Waals surface area contributed by atoms with E-state index in [0.29, 0.717) is 0 Å². The number of hydrogen-bond acceptors (Lipinski definition) is 1. The normalized spacial score (nSPS) is 16.2. The van der Waals surface area contributed by atoms with E-state index in [9.17, 15) is 0 Å². The van der Waals surface area contributed by atoms with E-state index in [1.54, 1.807) is 0 Å². The lowest BCUT2D eigenvalue weighted by Gasteiger charge is -2.49. The highest BCUT2D eigenvalue weighted by atomic mass is 14.7. The highest BCUT2D eigenvalue weighted by molar-refractivity contribution is 5.95. The summed E-state index contributed by atoms with van der Waals surface area (Å²) in [5, 5.41) is 2.69. The Morgan fingerprint density at radius 1 is 0.700 bits per heavy atom. The van der Waals surface area contributed by atoms with Gasteiger partial charge in [0.15, 0.2) is 0 Å². The van der Waals surface area contributed by atoms with Crippen molar-refractivity contribution in [2.24, 2.45) is 0 Å². The van der Waals surface area contributed by atoms with Crippen LogP contribution in [0.5, 0.6) is 0 Å². The van der Waals surface area contributed by atoms with Gasteiger partial charge < -0.3 is 0 Å². The second-order valence-electron chi connectivity index (χ2n) is 9.87. The van der Waals surface area contributed by atoms with Crippen LogP contribution in [0, 0.1) is 13.8 Å². The molecule has 1 nitrogen and oxygen atoms in total. The van der Waals surface area contributed by atoms with E-state index < -0.39 is 0 Å². The number of nitrogens with zero attached hydrogens (tertiary/aromatic N) is 1. The molecule has 0 saturated carbocycles. The van der Waals surface area contributed by atoms with E-state index in [0.717, 1.165) is 5.69 Å². The van der Waals surface area contributed by atoms with Gasteiger partial charge in [0.1, 0.15) is 0 Å². The Balaban J connectivity index is 1.81. The van der Waals surface area contributed by atoms with Crippen molar-refractivity contribution in [3.63, 3.8) is 0 Å². The first-order valence-electron chi connectivity index (χ1n) is 10.8. The summed E-state index contributed by atoms with van der Waals surface area (Å²) in [5.41, 5.74) is 10.3. The van der Waals surface area contributed by atoms with Crippen LogP contribution in [0.1, 0.15) is 49.9 Å². The van der Waals surface area contributed by atoms with Crippen molar-refractivity contribution in [1.82, 2.24) is 4.98 Å². The zero-order chi connectivity index (χ0) is 21.3. The summed E-state index contributed by atoms with van der Waals surface area (Å²) in [6.07, 6.45) is 1.99. The Kier molecular flexibility index (Phi) is 3.99. The summed E-state index contributed by atoms with van der Waals surface area (Å²) >= 11 is 0. The average molecular weight is 392 g/mol. The van der Waals surface area contributed by atoms with Gasteiger partial charge >= 0.3 is 0 Å². The van der Waals surface area contributed by atoms with Crippen LogP contribution in [-0.2, 0) is 10.8 Å². The molecule has 0 atom stereocenters. The lowest BCUT2D eigenvalue weighted by molar-refractivity contribution is 0.301. The monoisotopic (exact) mass is 391 g/mol. The summed E-state index contributed by atoms with van der Waals surface area (Å²) in [4.78, 5) is 4.73. The minimum atomic E-state index is -0.0186. The Morgan fingerprint density at radius 2 is 1.43 bits per heavy atom. The fourth-order valence-corrected chi connectivity index (χ4v) is 5.06. The van der Waals surface area contributed by atoms with Crippen molar-refractivity contribution in [3.8, 4) is 22.4 Å². The maximum absolute atomic E-state index is 4.73. The lowest BCUT2D eigenvalue weighted by Crippen LogP contribution is -2.43. The number of pyridine rings is 1. The van der Waals surface area contributed by atoms with Gasteiger partial charge in [-0.15, -0.1) is 0 Å². The Labute approximate surface area is 179 Å². The van der Waals surface area contributed by atoms with Crippen molar-refractivity contribution in [2.75, 3.05) is 0 Å². The van der Waals surface area contributed by atoms with Crippen molar-refractivity contribution >= 4 is 10.8 Å². The van der Waals surface area contributed by atoms with Crippen molar-refractivity contribution in [3.05, 3.63) is 89.1 Å². The highest BCUT2D eigenvalue weighted by Gasteiger charge is 2.46. The second kappa shape index (κ2) is 6.28. The number of hydrogen-bond donors (Lipinski definition) is 0. The molecule has 0 spiro atoms. The molecule has 0 radical (unpaired) electrons. The van der Waals surface area contributed by atoms with Gasteiger partial charge in [-0.2, -0.15) is 0 Å². The molecule has 150 valence electrons. The zero-order valence-corrected chi connectivity index (χ0v) is 18.8. The molecule has 5 rings (SSSR count). The lowest BCUT2D eigenvalue weighted by atomic mass is 9.54. The molecule has 0 amide bonds. The molecule has 1 heterocycles. The number of aromatic nitrogens is 1. The van der Waals surface area contributed by atoms with Crippen LogP contribution < -0.4 is 0 Å². The number of benzene rings is 3. The first kappa shape index (κ1) is 19.1. The third-order valence-electron chi connectivity index (χ3n) is 7.77. The van der Waals surface area contributed by atoms with Crippen LogP contribution in [0.25, 0.3) is 33.2 Å². The molecular formula is C29H29N. The molecule has 0 unspecified atom stereocenters. The third-order valence-corrected chi connectivity index (χ3v) is 7.77. The Bertz CT molecular complexity index is 1310. The fourth-order valence-electron chi connectivity index (χ4n) is 5.06. The van der Waals surface area contributed by atoms with Gasteiger partial charge in [-0.05, 0) is 75.5 Å². The molecule has 0 bridgehead atoms. The molecule has 0 N–H and O–H groups in total. The Morgan fingerprint density at radius 3 is 2.20 bits per heavy atom. The van der Waals surface area contributed by atoms with E-state index in [1.165, 1.54) is 49.7 Å². The highest BCUT2D eigenvalue weighted by Crippen LogP contribution is 2.56. The van der Waals surface area contributed by atoms with E-state index in [4.69, 9.17) is 4.98 Å². The molecule has 30 heavy (non-hydrogen) atoms. The number of aryl methyl sites for hydroxylation is 2. The molecule has 0 aliphatic heterocycles. The van der Waals surface area contributed by atoms with Crippen molar-refractivity contribution in [1.29, 1.82) is 0 Å². The maximum Gasteiger partial charge on any atom is 0.0704 e. The molecule has 1 heteroatoms. The molecule has 0 saturated heterocycles. The van der Waals surface area contributed by atoms with E-state index >= 15 is 0 Å². The van der Waals surface area contributed by atoms with Gasteiger partial charge in [-0.1, -0.05) is 76.2 Å². The minimum Gasteiger partial charge on any atom is -0.256 e. The van der Waals surface area contributed by atoms with E-state index in [-0.39, 0.29) is 10.8 Å². The summed E-state index contributed by atoms with van der Waals surface area (Å²) in [5.74, 6) is 0. The van der Waals surface area contributed by atoms with Gasteiger partial charge in [0, 0.05) is 17.2 Å². The van der Waals surface area contributed by atoms with Gasteiger partial charge in [-0.25, -0.2) is 0 Å². The predicted octanol–water partition coefficient (Wildman–Crippen LogP) is 7.75. The SMILES string of the molecule is Cc1cnc(-c2ccc3c(c2)C(C)(C)C(C)(C)c2c-3ccc3ccccc23)cc1C. The largest absolute Gasteiger partial charge is 0.256 e. The molecule has 0 fully saturated rings. The third kappa shape index (κ3) is 2.51. The predicted molar refractivity (Wildman–Crippen MR) is 128 cm³/mol. The van der Waals surface area contributed by atoms with Gasteiger partial charge in [0.25, 0.3) is 0 Å². The second-order valence-corrected chi connectivity index (χ2v) is 9.87. The van der Waals surface area contributed by atoms with Crippen LogP contribution >= 0.6 is 0 Å². The number of fused-ring (bicyclic) bond motifs is 5. The first-order valence-corrected chi connectivity index (χ1v) is 10.8. The molecule has 1 aliphatic carbocycles. The van der Waals surface area contributed by atoms with Gasteiger partial charge in [-0.3, -0.25) is 4.98 Å². The van der Waals surface area contributed by atoms with Gasteiger partial charge in [0.2, 0.25) is 0 Å². The fraction of sp³-hybridized carbons (Fsp3) is 0.276. The van der Waals surface area contributed by atoms with E-state index in [2.05, 4.69) is 102 Å². The maximum atomic E-state index is 4.73. The first-order chi connectivity index (χ1) is 14.2. The Hall–Kier alpha value is -2.93.